The van der Waals surface area contributed by atoms with Crippen LogP contribution in [-0.4, -0.2) is 27.3 Å². The molecule has 0 saturated heterocycles. The first-order valence-electron chi connectivity index (χ1n) is 7.18. The van der Waals surface area contributed by atoms with Crippen LogP contribution >= 0.6 is 0 Å². The van der Waals surface area contributed by atoms with Crippen molar-refractivity contribution < 1.29 is 9.47 Å². The monoisotopic (exact) mass is 280 g/mol. The van der Waals surface area contributed by atoms with Gasteiger partial charge in [-0.05, 0) is 37.9 Å². The summed E-state index contributed by atoms with van der Waals surface area (Å²) in [5.74, 6) is 2.72. The van der Waals surface area contributed by atoms with E-state index in [0.717, 1.165) is 23.6 Å². The molecule has 0 aromatic heterocycles. The number of nitrogens with two attached hydrogens (primary N) is 1. The fourth-order valence-electron chi connectivity index (χ4n) is 2.21. The van der Waals surface area contributed by atoms with Gasteiger partial charge in [0.15, 0.2) is 0 Å². The lowest BCUT2D eigenvalue weighted by Crippen LogP contribution is -2.33. The summed E-state index contributed by atoms with van der Waals surface area (Å²) in [4.78, 5) is 0. The van der Waals surface area contributed by atoms with Gasteiger partial charge in [-0.2, -0.15) is 0 Å². The van der Waals surface area contributed by atoms with Gasteiger partial charge in [0.1, 0.15) is 11.5 Å². The van der Waals surface area contributed by atoms with Crippen LogP contribution in [0.2, 0.25) is 0 Å². The van der Waals surface area contributed by atoms with Crippen LogP contribution in [0.4, 0.5) is 0 Å². The van der Waals surface area contributed by atoms with Crippen LogP contribution in [-0.2, 0) is 0 Å². The Balaban J connectivity index is 2.74. The Morgan fingerprint density at radius 2 is 1.85 bits per heavy atom. The Morgan fingerprint density at radius 3 is 2.35 bits per heavy atom. The Hall–Kier alpha value is -1.26. The first kappa shape index (κ1) is 16.8. The molecule has 20 heavy (non-hydrogen) atoms. The number of nitrogens with one attached hydrogen (secondary N) is 1. The van der Waals surface area contributed by atoms with Gasteiger partial charge in [0, 0.05) is 17.7 Å². The summed E-state index contributed by atoms with van der Waals surface area (Å²) in [6.07, 6.45) is 0. The van der Waals surface area contributed by atoms with Gasteiger partial charge in [0.2, 0.25) is 0 Å². The van der Waals surface area contributed by atoms with Crippen LogP contribution in [0, 0.1) is 11.8 Å². The van der Waals surface area contributed by atoms with E-state index in [1.165, 1.54) is 0 Å². The minimum atomic E-state index is 0.212. The highest BCUT2D eigenvalue weighted by Crippen LogP contribution is 2.29. The molecule has 114 valence electrons. The van der Waals surface area contributed by atoms with Crippen LogP contribution < -0.4 is 20.5 Å². The van der Waals surface area contributed by atoms with Crippen LogP contribution in [0.3, 0.4) is 0 Å². The van der Waals surface area contributed by atoms with E-state index in [4.69, 9.17) is 15.2 Å². The number of benzene rings is 1. The van der Waals surface area contributed by atoms with Gasteiger partial charge in [-0.25, -0.2) is 0 Å². The third-order valence-electron chi connectivity index (χ3n) is 3.84. The van der Waals surface area contributed by atoms with E-state index in [2.05, 4.69) is 26.1 Å². The fourth-order valence-corrected chi connectivity index (χ4v) is 2.21. The summed E-state index contributed by atoms with van der Waals surface area (Å²) in [5.41, 5.74) is 6.94. The molecular formula is C16H28N2O2. The van der Waals surface area contributed by atoms with E-state index in [9.17, 15) is 0 Å². The molecule has 0 bridgehead atoms. The number of rotatable bonds is 8. The van der Waals surface area contributed by atoms with Gasteiger partial charge >= 0.3 is 0 Å². The molecule has 2 unspecified atom stereocenters. The summed E-state index contributed by atoms with van der Waals surface area (Å²) in [7, 11) is 3.34. The maximum atomic E-state index is 5.81. The Morgan fingerprint density at radius 1 is 1.15 bits per heavy atom. The van der Waals surface area contributed by atoms with Crippen molar-refractivity contribution in [1.82, 2.24) is 5.32 Å². The third-order valence-corrected chi connectivity index (χ3v) is 3.84. The molecule has 0 heterocycles. The van der Waals surface area contributed by atoms with Crippen molar-refractivity contribution in [1.29, 1.82) is 0 Å². The van der Waals surface area contributed by atoms with E-state index in [1.54, 1.807) is 14.2 Å². The first-order chi connectivity index (χ1) is 9.53. The summed E-state index contributed by atoms with van der Waals surface area (Å²) in [6.45, 7) is 8.16. The van der Waals surface area contributed by atoms with Crippen molar-refractivity contribution in [3.63, 3.8) is 0 Å². The van der Waals surface area contributed by atoms with Gasteiger partial charge in [0.25, 0.3) is 0 Å². The smallest absolute Gasteiger partial charge is 0.127 e. The number of ether oxygens (including phenoxy) is 2. The molecule has 0 saturated carbocycles. The zero-order valence-corrected chi connectivity index (χ0v) is 13.3. The van der Waals surface area contributed by atoms with Crippen LogP contribution in [0.15, 0.2) is 18.2 Å². The SMILES string of the molecule is COc1ccc(C(C)NCC(CN)C(C)C)c(OC)c1. The standard InChI is InChI=1S/C16H28N2O2/c1-11(2)13(9-17)10-18-12(3)15-7-6-14(19-4)8-16(15)20-5/h6-8,11-13,18H,9-10,17H2,1-5H3. The minimum absolute atomic E-state index is 0.212. The molecule has 0 amide bonds. The zero-order valence-electron chi connectivity index (χ0n) is 13.3. The van der Waals surface area contributed by atoms with E-state index in [-0.39, 0.29) is 6.04 Å². The molecule has 1 aromatic carbocycles. The molecule has 1 aromatic rings. The van der Waals surface area contributed by atoms with Gasteiger partial charge in [-0.15, -0.1) is 0 Å². The zero-order chi connectivity index (χ0) is 15.1. The average molecular weight is 280 g/mol. The molecule has 0 radical (unpaired) electrons. The Bertz CT molecular complexity index is 407. The maximum absolute atomic E-state index is 5.81. The fraction of sp³-hybridized carbons (Fsp3) is 0.625. The molecule has 3 N–H and O–H groups in total. The molecule has 1 rings (SSSR count). The quantitative estimate of drug-likeness (QED) is 0.768. The first-order valence-corrected chi connectivity index (χ1v) is 7.18. The second-order valence-corrected chi connectivity index (χ2v) is 5.48. The lowest BCUT2D eigenvalue weighted by atomic mass is 9.95. The van der Waals surface area contributed by atoms with Crippen LogP contribution in [0.25, 0.3) is 0 Å². The van der Waals surface area contributed by atoms with Crippen LogP contribution in [0.5, 0.6) is 11.5 Å². The Kier molecular flexibility index (Phi) is 6.82. The second kappa shape index (κ2) is 8.12. The lowest BCUT2D eigenvalue weighted by molar-refractivity contribution is 0.349. The summed E-state index contributed by atoms with van der Waals surface area (Å²) < 4.78 is 10.7. The maximum Gasteiger partial charge on any atom is 0.127 e. The molecular weight excluding hydrogens is 252 g/mol. The molecule has 0 aliphatic heterocycles. The molecule has 0 spiro atoms. The van der Waals surface area contributed by atoms with Gasteiger partial charge in [-0.1, -0.05) is 19.9 Å². The van der Waals surface area contributed by atoms with Gasteiger partial charge in [-0.3, -0.25) is 0 Å². The highest BCUT2D eigenvalue weighted by molar-refractivity contribution is 5.42. The predicted octanol–water partition coefficient (Wildman–Crippen LogP) is 2.59. The average Bonchev–Trinajstić information content (AvgIpc) is 2.46. The van der Waals surface area contributed by atoms with Crippen molar-refractivity contribution in [2.75, 3.05) is 27.3 Å². The number of methoxy groups -OCH3 is 2. The van der Waals surface area contributed by atoms with Crippen molar-refractivity contribution >= 4 is 0 Å². The van der Waals surface area contributed by atoms with E-state index < -0.39 is 0 Å². The summed E-state index contributed by atoms with van der Waals surface area (Å²) >= 11 is 0. The Labute approximate surface area is 122 Å². The molecule has 0 fully saturated rings. The summed E-state index contributed by atoms with van der Waals surface area (Å²) in [5, 5.41) is 3.54. The van der Waals surface area contributed by atoms with E-state index >= 15 is 0 Å². The van der Waals surface area contributed by atoms with E-state index in [1.807, 2.05) is 18.2 Å². The molecule has 0 aliphatic rings. The molecule has 2 atom stereocenters. The van der Waals surface area contributed by atoms with Crippen molar-refractivity contribution in [3.8, 4) is 11.5 Å². The molecule has 4 nitrogen and oxygen atoms in total. The minimum Gasteiger partial charge on any atom is -0.497 e. The van der Waals surface area contributed by atoms with Gasteiger partial charge < -0.3 is 20.5 Å². The topological polar surface area (TPSA) is 56.5 Å². The normalized spacial score (nSPS) is 14.2. The van der Waals surface area contributed by atoms with E-state index in [0.29, 0.717) is 18.4 Å². The third kappa shape index (κ3) is 4.39. The van der Waals surface area contributed by atoms with Gasteiger partial charge in [0.05, 0.1) is 14.2 Å². The lowest BCUT2D eigenvalue weighted by Gasteiger charge is -2.23. The predicted molar refractivity (Wildman–Crippen MR) is 83.3 cm³/mol. The molecule has 0 aliphatic carbocycles. The van der Waals surface area contributed by atoms with Crippen LogP contribution in [0.1, 0.15) is 32.4 Å². The second-order valence-electron chi connectivity index (χ2n) is 5.48. The largest absolute Gasteiger partial charge is 0.497 e. The van der Waals surface area contributed by atoms with Crippen molar-refractivity contribution in [2.45, 2.75) is 26.8 Å². The van der Waals surface area contributed by atoms with Crippen molar-refractivity contribution in [3.05, 3.63) is 23.8 Å². The van der Waals surface area contributed by atoms with Crippen molar-refractivity contribution in [2.24, 2.45) is 17.6 Å². The molecule has 4 heteroatoms. The highest BCUT2D eigenvalue weighted by Gasteiger charge is 2.16. The summed E-state index contributed by atoms with van der Waals surface area (Å²) in [6, 6.07) is 6.13. The number of hydrogen-bond donors (Lipinski definition) is 2. The number of hydrogen-bond acceptors (Lipinski definition) is 4. The highest BCUT2D eigenvalue weighted by atomic mass is 16.5.